The molecule has 1 rings (SSSR count). The second-order valence-corrected chi connectivity index (χ2v) is 1.68. The van der Waals surface area contributed by atoms with Crippen molar-refractivity contribution in [2.75, 3.05) is 0 Å². The van der Waals surface area contributed by atoms with E-state index in [9.17, 15) is 0 Å². The summed E-state index contributed by atoms with van der Waals surface area (Å²) in [5, 5.41) is 30.1. The minimum Gasteiger partial charge on any atom is -1.00 e. The van der Waals surface area contributed by atoms with Gasteiger partial charge in [-0.25, -0.2) is 0 Å². The van der Waals surface area contributed by atoms with Crippen molar-refractivity contribution in [1.82, 2.24) is 0 Å². The molecule has 0 aromatic heterocycles. The smallest absolute Gasteiger partial charge is 1.00 e. The van der Waals surface area contributed by atoms with E-state index in [4.69, 9.17) is 20.2 Å². The Morgan fingerprint density at radius 1 is 1.00 bits per heavy atom. The number of hydrogen-bond acceptors (Lipinski definition) is 4. The number of hydrogen-bond donors (Lipinski definition) is 4. The molecule has 0 spiro atoms. The van der Waals surface area contributed by atoms with E-state index in [1.54, 1.807) is 24.3 Å². The van der Waals surface area contributed by atoms with Crippen LogP contribution in [0.5, 0.6) is 5.75 Å². The summed E-state index contributed by atoms with van der Waals surface area (Å²) in [6.07, 6.45) is 0. The van der Waals surface area contributed by atoms with Gasteiger partial charge in [0.05, 0.1) is 0 Å². The minimum atomic E-state index is -2.17. The first-order valence-electron chi connectivity index (χ1n) is 2.91. The van der Waals surface area contributed by atoms with E-state index < -0.39 is 7.32 Å². The number of rotatable bonds is 0. The van der Waals surface area contributed by atoms with Crippen LogP contribution >= 0.6 is 0 Å². The average Bonchev–Trinajstić information content (AvgIpc) is 1.87. The molecule has 0 unspecified atom stereocenters. The van der Waals surface area contributed by atoms with Crippen molar-refractivity contribution in [2.24, 2.45) is 0 Å². The number of aromatic hydroxyl groups is 1. The summed E-state index contributed by atoms with van der Waals surface area (Å²) in [5.74, 6) is 0.322. The van der Waals surface area contributed by atoms with E-state index in [0.29, 0.717) is 5.75 Å². The van der Waals surface area contributed by atoms with Crippen LogP contribution in [0.25, 0.3) is 0 Å². The predicted octanol–water partition coefficient (Wildman–Crippen LogP) is -0.815. The summed E-state index contributed by atoms with van der Waals surface area (Å²) >= 11 is 0. The van der Waals surface area contributed by atoms with Crippen molar-refractivity contribution in [3.63, 3.8) is 0 Å². The third-order valence-corrected chi connectivity index (χ3v) is 0.756. The summed E-state index contributed by atoms with van der Waals surface area (Å²) in [6, 6.07) is 8.71. The van der Waals surface area contributed by atoms with Gasteiger partial charge in [0.25, 0.3) is 0 Å². The minimum absolute atomic E-state index is 0. The maximum atomic E-state index is 8.63. The van der Waals surface area contributed by atoms with Gasteiger partial charge >= 0.3 is 45.1 Å². The molecule has 0 heterocycles. The summed E-state index contributed by atoms with van der Waals surface area (Å²) in [5.41, 5.74) is 0. The van der Waals surface area contributed by atoms with Crippen LogP contribution in [0.3, 0.4) is 0 Å². The van der Waals surface area contributed by atoms with E-state index in [0.717, 1.165) is 0 Å². The van der Waals surface area contributed by atoms with Crippen molar-refractivity contribution in [2.45, 2.75) is 0 Å². The predicted molar refractivity (Wildman–Crippen MR) is 48.5 cm³/mol. The zero-order valence-electron chi connectivity index (χ0n) is 8.46. The van der Waals surface area contributed by atoms with Gasteiger partial charge < -0.3 is 23.0 Å². The van der Waals surface area contributed by atoms with Crippen LogP contribution in [0.2, 0.25) is 0 Å². The fourth-order valence-corrected chi connectivity index (χ4v) is 0.428. The Bertz CT molecular complexity index is 188. The van der Waals surface area contributed by atoms with Gasteiger partial charge in [-0.3, -0.25) is 0 Å². The molecule has 0 amide bonds. The average molecular weight is 198 g/mol. The quantitative estimate of drug-likeness (QED) is 0.411. The molecule has 0 radical (unpaired) electrons. The summed E-state index contributed by atoms with van der Waals surface area (Å²) in [6.45, 7) is 0. The van der Waals surface area contributed by atoms with Gasteiger partial charge in [-0.05, 0) is 12.1 Å². The molecule has 0 bridgehead atoms. The first-order valence-corrected chi connectivity index (χ1v) is 2.91. The van der Waals surface area contributed by atoms with Gasteiger partial charge in [0.1, 0.15) is 5.75 Å². The summed E-state index contributed by atoms with van der Waals surface area (Å²) in [7, 11) is -2.17. The van der Waals surface area contributed by atoms with Crippen LogP contribution in [0.1, 0.15) is 2.85 Å². The topological polar surface area (TPSA) is 80.9 Å². The maximum Gasteiger partial charge on any atom is 2.00 e. The van der Waals surface area contributed by atoms with Gasteiger partial charge in [0, 0.05) is 0 Å². The molecule has 0 aliphatic rings. The molecular formula is C6H11BCaO4. The van der Waals surface area contributed by atoms with E-state index in [-0.39, 0.29) is 40.6 Å². The fourth-order valence-electron chi connectivity index (χ4n) is 0.428. The molecule has 6 heteroatoms. The molecule has 4 nitrogen and oxygen atoms in total. The molecule has 4 N–H and O–H groups in total. The number of benzene rings is 1. The van der Waals surface area contributed by atoms with E-state index in [2.05, 4.69) is 0 Å². The molecule has 12 heavy (non-hydrogen) atoms. The molecule has 1 aromatic carbocycles. The molecule has 0 aliphatic carbocycles. The van der Waals surface area contributed by atoms with Crippen molar-refractivity contribution in [3.8, 4) is 5.75 Å². The molecule has 0 saturated carbocycles. The van der Waals surface area contributed by atoms with Crippen molar-refractivity contribution >= 4 is 45.1 Å². The standard InChI is InChI=1S/C6H6O.BH3O3.Ca.2H/c7-6-4-2-1-3-5-6;2-1(3)4;;;/h1-5,7H;2-4H;;;/q;;+2;2*-1. The first kappa shape index (κ1) is 14.7. The Morgan fingerprint density at radius 3 is 1.50 bits per heavy atom. The molecule has 0 fully saturated rings. The second-order valence-electron chi connectivity index (χ2n) is 1.68. The van der Waals surface area contributed by atoms with E-state index in [1.807, 2.05) is 6.07 Å². The SMILES string of the molecule is OB(O)O.Oc1ccccc1.[Ca+2].[H-].[H-]. The zero-order chi connectivity index (χ0) is 8.69. The first-order chi connectivity index (χ1) is 5.13. The third-order valence-electron chi connectivity index (χ3n) is 0.756. The summed E-state index contributed by atoms with van der Waals surface area (Å²) in [4.78, 5) is 0. The van der Waals surface area contributed by atoms with Crippen LogP contribution in [0, 0.1) is 0 Å². The van der Waals surface area contributed by atoms with E-state index >= 15 is 0 Å². The van der Waals surface area contributed by atoms with Crippen LogP contribution in [0.4, 0.5) is 0 Å². The molecule has 64 valence electrons. The van der Waals surface area contributed by atoms with Gasteiger partial charge in [0.2, 0.25) is 0 Å². The third kappa shape index (κ3) is 12.9. The Kier molecular flexibility index (Phi) is 11.4. The fraction of sp³-hybridized carbons (Fsp3) is 0. The Labute approximate surface area is 104 Å². The van der Waals surface area contributed by atoms with Crippen molar-refractivity contribution in [1.29, 1.82) is 0 Å². The van der Waals surface area contributed by atoms with Gasteiger partial charge in [-0.15, -0.1) is 0 Å². The van der Waals surface area contributed by atoms with Crippen LogP contribution < -0.4 is 0 Å². The van der Waals surface area contributed by atoms with E-state index in [1.165, 1.54) is 0 Å². The largest absolute Gasteiger partial charge is 2.00 e. The summed E-state index contributed by atoms with van der Waals surface area (Å²) < 4.78 is 0. The molecule has 1 aromatic rings. The zero-order valence-corrected chi connectivity index (χ0v) is 8.67. The second kappa shape index (κ2) is 9.31. The van der Waals surface area contributed by atoms with Crippen molar-refractivity contribution in [3.05, 3.63) is 30.3 Å². The Hall–Kier alpha value is 0.225. The maximum absolute atomic E-state index is 8.63. The Balaban J connectivity index is -0.0000000650. The number of phenols is 1. The van der Waals surface area contributed by atoms with Gasteiger partial charge in [-0.1, -0.05) is 18.2 Å². The molecule has 0 aliphatic heterocycles. The molecular weight excluding hydrogens is 187 g/mol. The van der Waals surface area contributed by atoms with Gasteiger partial charge in [-0.2, -0.15) is 0 Å². The molecule has 0 atom stereocenters. The van der Waals surface area contributed by atoms with Gasteiger partial charge in [0.15, 0.2) is 0 Å². The van der Waals surface area contributed by atoms with Crippen LogP contribution in [-0.2, 0) is 0 Å². The number of phenolic OH excluding ortho intramolecular Hbond substituents is 1. The van der Waals surface area contributed by atoms with Crippen LogP contribution in [-0.4, -0.2) is 65.2 Å². The van der Waals surface area contributed by atoms with Crippen molar-refractivity contribution < 1.29 is 23.0 Å². The van der Waals surface area contributed by atoms with Crippen LogP contribution in [0.15, 0.2) is 30.3 Å². The Morgan fingerprint density at radius 2 is 1.33 bits per heavy atom. The number of para-hydroxylation sites is 1. The normalized spacial score (nSPS) is 7.25. The monoisotopic (exact) mass is 198 g/mol. The molecule has 0 saturated heterocycles.